The van der Waals surface area contributed by atoms with Crippen molar-refractivity contribution in [3.8, 4) is 0 Å². The summed E-state index contributed by atoms with van der Waals surface area (Å²) in [4.78, 5) is 12.9. The number of nitrogens with two attached hydrogens (primary N) is 1. The van der Waals surface area contributed by atoms with Gasteiger partial charge in [0.15, 0.2) is 0 Å². The fourth-order valence-corrected chi connectivity index (χ4v) is 2.61. The van der Waals surface area contributed by atoms with Gasteiger partial charge in [0.1, 0.15) is 6.04 Å². The third kappa shape index (κ3) is 5.39. The fraction of sp³-hybridized carbons (Fsp3) is 0.900. The molecule has 0 amide bonds. The van der Waals surface area contributed by atoms with Crippen LogP contribution in [0.3, 0.4) is 0 Å². The lowest BCUT2D eigenvalue weighted by molar-refractivity contribution is -0.137. The minimum Gasteiger partial charge on any atom is -0.480 e. The molecule has 1 unspecified atom stereocenters. The van der Waals surface area contributed by atoms with Gasteiger partial charge in [-0.25, -0.2) is 0 Å². The predicted octanol–water partition coefficient (Wildman–Crippen LogP) is 0.617. The number of hydrogen-bond acceptors (Lipinski definition) is 4. The number of carbonyl (C=O) groups is 1. The molecule has 1 fully saturated rings. The van der Waals surface area contributed by atoms with Gasteiger partial charge in [-0.05, 0) is 25.9 Å². The molecule has 0 radical (unpaired) electrons. The first-order chi connectivity index (χ1) is 7.20. The molecule has 1 heterocycles. The molecule has 0 bridgehead atoms. The van der Waals surface area contributed by atoms with E-state index in [0.717, 1.165) is 12.3 Å². The highest BCUT2D eigenvalue weighted by molar-refractivity contribution is 7.99. The highest BCUT2D eigenvalue weighted by atomic mass is 32.2. The molecule has 5 heteroatoms. The smallest absolute Gasteiger partial charge is 0.321 e. The van der Waals surface area contributed by atoms with Gasteiger partial charge in [-0.1, -0.05) is 6.42 Å². The van der Waals surface area contributed by atoms with Crippen LogP contribution in [-0.2, 0) is 4.79 Å². The maximum Gasteiger partial charge on any atom is 0.321 e. The van der Waals surface area contributed by atoms with E-state index in [-0.39, 0.29) is 0 Å². The number of piperidine rings is 1. The number of rotatable bonds is 6. The lowest BCUT2D eigenvalue weighted by Gasteiger charge is -2.26. The number of likely N-dealkylation sites (tertiary alicyclic amines) is 1. The number of nitrogens with zero attached hydrogens (tertiary/aromatic N) is 1. The van der Waals surface area contributed by atoms with Crippen LogP contribution in [0.15, 0.2) is 0 Å². The van der Waals surface area contributed by atoms with Crippen molar-refractivity contribution in [3.63, 3.8) is 0 Å². The Kier molecular flexibility index (Phi) is 6.05. The van der Waals surface area contributed by atoms with Crippen molar-refractivity contribution < 1.29 is 9.90 Å². The number of thioether (sulfide) groups is 1. The monoisotopic (exact) mass is 232 g/mol. The Morgan fingerprint density at radius 1 is 1.40 bits per heavy atom. The van der Waals surface area contributed by atoms with Crippen LogP contribution in [0.4, 0.5) is 0 Å². The Hall–Kier alpha value is -0.260. The molecule has 0 aromatic rings. The van der Waals surface area contributed by atoms with Gasteiger partial charge < -0.3 is 15.7 Å². The van der Waals surface area contributed by atoms with Crippen molar-refractivity contribution in [1.29, 1.82) is 0 Å². The fourth-order valence-electron chi connectivity index (χ4n) is 1.66. The summed E-state index contributed by atoms with van der Waals surface area (Å²) >= 11 is 1.64. The van der Waals surface area contributed by atoms with Crippen molar-refractivity contribution in [2.45, 2.75) is 25.3 Å². The minimum atomic E-state index is -0.902. The quantitative estimate of drug-likeness (QED) is 0.657. The van der Waals surface area contributed by atoms with E-state index in [2.05, 4.69) is 4.90 Å². The molecule has 0 saturated carbocycles. The van der Waals surface area contributed by atoms with Gasteiger partial charge in [0.2, 0.25) is 0 Å². The molecule has 1 atom stereocenters. The Morgan fingerprint density at radius 3 is 2.67 bits per heavy atom. The zero-order chi connectivity index (χ0) is 11.1. The third-order valence-electron chi connectivity index (χ3n) is 2.62. The summed E-state index contributed by atoms with van der Waals surface area (Å²) in [5, 5.41) is 8.58. The average molecular weight is 232 g/mol. The molecular weight excluding hydrogens is 212 g/mol. The van der Waals surface area contributed by atoms with Crippen LogP contribution in [0.2, 0.25) is 0 Å². The van der Waals surface area contributed by atoms with E-state index < -0.39 is 12.0 Å². The zero-order valence-electron chi connectivity index (χ0n) is 9.02. The first kappa shape index (κ1) is 12.8. The molecule has 0 aromatic carbocycles. The normalized spacial score (nSPS) is 20.1. The minimum absolute atomic E-state index is 0.517. The Labute approximate surface area is 95.2 Å². The van der Waals surface area contributed by atoms with Gasteiger partial charge in [-0.2, -0.15) is 11.8 Å². The summed E-state index contributed by atoms with van der Waals surface area (Å²) < 4.78 is 0. The summed E-state index contributed by atoms with van der Waals surface area (Å²) in [6, 6.07) is -0.712. The predicted molar refractivity (Wildman–Crippen MR) is 63.2 cm³/mol. The summed E-state index contributed by atoms with van der Waals surface area (Å²) in [6.45, 7) is 3.47. The molecule has 1 aliphatic rings. The SMILES string of the molecule is NC(CSCCN1CCCCC1)C(=O)O. The summed E-state index contributed by atoms with van der Waals surface area (Å²) in [5.41, 5.74) is 5.40. The summed E-state index contributed by atoms with van der Waals surface area (Å²) in [7, 11) is 0. The molecular formula is C10H20N2O2S. The van der Waals surface area contributed by atoms with Gasteiger partial charge in [-0.15, -0.1) is 0 Å². The molecule has 4 nitrogen and oxygen atoms in total. The van der Waals surface area contributed by atoms with Gasteiger partial charge in [-0.3, -0.25) is 4.79 Å². The Balaban J connectivity index is 1.98. The largest absolute Gasteiger partial charge is 0.480 e. The molecule has 1 saturated heterocycles. The van der Waals surface area contributed by atoms with Crippen molar-refractivity contribution in [2.75, 3.05) is 31.1 Å². The Morgan fingerprint density at radius 2 is 2.07 bits per heavy atom. The van der Waals surface area contributed by atoms with E-state index in [1.54, 1.807) is 11.8 Å². The molecule has 3 N–H and O–H groups in total. The maximum absolute atomic E-state index is 10.4. The second-order valence-corrected chi connectivity index (χ2v) is 5.07. The molecule has 0 aromatic heterocycles. The second-order valence-electron chi connectivity index (χ2n) is 3.92. The van der Waals surface area contributed by atoms with Crippen LogP contribution < -0.4 is 5.73 Å². The molecule has 0 spiro atoms. The first-order valence-corrected chi connectivity index (χ1v) is 6.64. The van der Waals surface area contributed by atoms with Gasteiger partial charge in [0.05, 0.1) is 0 Å². The zero-order valence-corrected chi connectivity index (χ0v) is 9.84. The van der Waals surface area contributed by atoms with Crippen LogP contribution >= 0.6 is 11.8 Å². The van der Waals surface area contributed by atoms with E-state index >= 15 is 0 Å². The van der Waals surface area contributed by atoms with Crippen molar-refractivity contribution in [2.24, 2.45) is 5.73 Å². The number of aliphatic carboxylic acids is 1. The van der Waals surface area contributed by atoms with E-state index in [9.17, 15) is 4.79 Å². The van der Waals surface area contributed by atoms with Crippen molar-refractivity contribution >= 4 is 17.7 Å². The first-order valence-electron chi connectivity index (χ1n) is 5.48. The van der Waals surface area contributed by atoms with Crippen molar-refractivity contribution in [3.05, 3.63) is 0 Å². The summed E-state index contributed by atoms with van der Waals surface area (Å²) in [6.07, 6.45) is 3.96. The average Bonchev–Trinajstić information content (AvgIpc) is 2.25. The van der Waals surface area contributed by atoms with Gasteiger partial charge >= 0.3 is 5.97 Å². The molecule has 15 heavy (non-hydrogen) atoms. The van der Waals surface area contributed by atoms with E-state index in [1.165, 1.54) is 32.4 Å². The van der Waals surface area contributed by atoms with Gasteiger partial charge in [0, 0.05) is 18.1 Å². The molecule has 88 valence electrons. The maximum atomic E-state index is 10.4. The third-order valence-corrected chi connectivity index (χ3v) is 3.68. The topological polar surface area (TPSA) is 66.6 Å². The highest BCUT2D eigenvalue weighted by Crippen LogP contribution is 2.10. The van der Waals surface area contributed by atoms with Gasteiger partial charge in [0.25, 0.3) is 0 Å². The van der Waals surface area contributed by atoms with Crippen LogP contribution in [-0.4, -0.2) is 53.2 Å². The molecule has 0 aliphatic carbocycles. The van der Waals surface area contributed by atoms with Crippen LogP contribution in [0.25, 0.3) is 0 Å². The van der Waals surface area contributed by atoms with Crippen molar-refractivity contribution in [1.82, 2.24) is 4.90 Å². The van der Waals surface area contributed by atoms with E-state index in [1.807, 2.05) is 0 Å². The van der Waals surface area contributed by atoms with E-state index in [4.69, 9.17) is 10.8 Å². The number of carboxylic acid groups (broad SMARTS) is 1. The second kappa shape index (κ2) is 7.09. The lowest BCUT2D eigenvalue weighted by atomic mass is 10.1. The van der Waals surface area contributed by atoms with E-state index in [0.29, 0.717) is 5.75 Å². The van der Waals surface area contributed by atoms with Crippen LogP contribution in [0.5, 0.6) is 0 Å². The highest BCUT2D eigenvalue weighted by Gasteiger charge is 2.12. The standard InChI is InChI=1S/C10H20N2O2S/c11-9(10(13)14)8-15-7-6-12-4-2-1-3-5-12/h9H,1-8,11H2,(H,13,14). The van der Waals surface area contributed by atoms with Crippen LogP contribution in [0.1, 0.15) is 19.3 Å². The number of hydrogen-bond donors (Lipinski definition) is 2. The summed E-state index contributed by atoms with van der Waals surface area (Å²) in [5.74, 6) is 0.602. The van der Waals surface area contributed by atoms with Crippen LogP contribution in [0, 0.1) is 0 Å². The lowest BCUT2D eigenvalue weighted by Crippen LogP contribution is -2.34. The Bertz CT molecular complexity index is 196. The molecule has 1 rings (SSSR count). The number of carboxylic acids is 1. The molecule has 1 aliphatic heterocycles.